The van der Waals surface area contributed by atoms with E-state index in [0.717, 1.165) is 19.4 Å². The number of likely N-dealkylation sites (N-methyl/N-ethyl adjacent to an activating group) is 1. The first-order valence-corrected chi connectivity index (χ1v) is 7.83. The summed E-state index contributed by atoms with van der Waals surface area (Å²) in [5.41, 5.74) is 2.92. The Balaban J connectivity index is 2.84. The van der Waals surface area contributed by atoms with Crippen LogP contribution in [-0.4, -0.2) is 24.5 Å². The smallest absolute Gasteiger partial charge is 0.0518 e. The number of nitrogens with zero attached hydrogens (tertiary/aromatic N) is 1. The highest BCUT2D eigenvalue weighted by molar-refractivity contribution is 5.31. The van der Waals surface area contributed by atoms with Crippen LogP contribution in [0, 0.1) is 5.92 Å². The molecule has 0 aromatic rings. The lowest BCUT2D eigenvalue weighted by Crippen LogP contribution is -2.38. The summed E-state index contributed by atoms with van der Waals surface area (Å²) >= 11 is 0. The van der Waals surface area contributed by atoms with Crippen LogP contribution in [0.15, 0.2) is 36.5 Å². The molecule has 2 atom stereocenters. The summed E-state index contributed by atoms with van der Waals surface area (Å²) in [7, 11) is 2.24. The zero-order valence-electron chi connectivity index (χ0n) is 13.1. The average Bonchev–Trinajstić information content (AvgIpc) is 2.36. The lowest BCUT2D eigenvalue weighted by molar-refractivity contribution is 0.276. The third-order valence-corrected chi connectivity index (χ3v) is 4.06. The fourth-order valence-corrected chi connectivity index (χ4v) is 3.20. The molecule has 1 rings (SSSR count). The normalized spacial score (nSPS) is 23.6. The fourth-order valence-electron chi connectivity index (χ4n) is 3.20. The highest BCUT2D eigenvalue weighted by atomic mass is 15.1. The Morgan fingerprint density at radius 3 is 2.68 bits per heavy atom. The van der Waals surface area contributed by atoms with Gasteiger partial charge >= 0.3 is 0 Å². The van der Waals surface area contributed by atoms with Gasteiger partial charge in [-0.3, -0.25) is 4.90 Å². The second kappa shape index (κ2) is 8.37. The quantitative estimate of drug-likeness (QED) is 0.558. The zero-order chi connectivity index (χ0) is 14.3. The van der Waals surface area contributed by atoms with Crippen molar-refractivity contribution >= 4 is 0 Å². The molecule has 0 N–H and O–H groups in total. The number of unbranched alkanes of at least 4 members (excludes halogenated alkanes) is 1. The van der Waals surface area contributed by atoms with Gasteiger partial charge in [-0.2, -0.15) is 0 Å². The molecule has 1 aliphatic carbocycles. The molecular weight excluding hydrogens is 230 g/mol. The van der Waals surface area contributed by atoms with Crippen molar-refractivity contribution in [1.82, 2.24) is 4.90 Å². The van der Waals surface area contributed by atoms with Crippen LogP contribution >= 0.6 is 0 Å². The first-order valence-electron chi connectivity index (χ1n) is 7.83. The lowest BCUT2D eigenvalue weighted by Gasteiger charge is -2.37. The summed E-state index contributed by atoms with van der Waals surface area (Å²) in [4.78, 5) is 2.48. The van der Waals surface area contributed by atoms with Crippen molar-refractivity contribution in [1.29, 1.82) is 0 Å². The van der Waals surface area contributed by atoms with Crippen molar-refractivity contribution in [2.24, 2.45) is 5.92 Å². The van der Waals surface area contributed by atoms with Crippen LogP contribution in [0.4, 0.5) is 0 Å². The SMILES string of the molecule is C=CCC1=CC(CCC)CC(=C)C1N(C)CCCC. The Kier molecular flexibility index (Phi) is 7.15. The van der Waals surface area contributed by atoms with E-state index < -0.39 is 0 Å². The van der Waals surface area contributed by atoms with E-state index in [-0.39, 0.29) is 0 Å². The van der Waals surface area contributed by atoms with Gasteiger partial charge < -0.3 is 0 Å². The Bertz CT molecular complexity index is 327. The molecule has 1 nitrogen and oxygen atoms in total. The van der Waals surface area contributed by atoms with Gasteiger partial charge in [-0.05, 0) is 50.8 Å². The fraction of sp³-hybridized carbons (Fsp3) is 0.667. The highest BCUT2D eigenvalue weighted by Crippen LogP contribution is 2.34. The monoisotopic (exact) mass is 261 g/mol. The van der Waals surface area contributed by atoms with Crippen molar-refractivity contribution in [3.63, 3.8) is 0 Å². The van der Waals surface area contributed by atoms with Crippen molar-refractivity contribution in [3.8, 4) is 0 Å². The van der Waals surface area contributed by atoms with E-state index in [9.17, 15) is 0 Å². The van der Waals surface area contributed by atoms with Crippen LogP contribution in [0.2, 0.25) is 0 Å². The third kappa shape index (κ3) is 4.65. The van der Waals surface area contributed by atoms with Crippen molar-refractivity contribution < 1.29 is 0 Å². The van der Waals surface area contributed by atoms with Crippen LogP contribution in [0.25, 0.3) is 0 Å². The maximum Gasteiger partial charge on any atom is 0.0518 e. The van der Waals surface area contributed by atoms with Crippen LogP contribution in [0.1, 0.15) is 52.4 Å². The molecule has 0 amide bonds. The topological polar surface area (TPSA) is 3.24 Å². The predicted molar refractivity (Wildman–Crippen MR) is 86.4 cm³/mol. The molecule has 0 saturated heterocycles. The van der Waals surface area contributed by atoms with Gasteiger partial charge in [0.05, 0.1) is 6.04 Å². The minimum atomic E-state index is 0.442. The standard InChI is InChI=1S/C18H31N/c1-6-9-12-19(5)18-15(4)13-16(10-7-2)14-17(18)11-8-3/h8,14,16,18H,3-4,6-7,9-13H2,1-2,5H3. The van der Waals surface area contributed by atoms with E-state index >= 15 is 0 Å². The molecule has 2 unspecified atom stereocenters. The Labute approximate surface area is 120 Å². The first kappa shape index (κ1) is 16.2. The molecule has 0 radical (unpaired) electrons. The highest BCUT2D eigenvalue weighted by Gasteiger charge is 2.27. The lowest BCUT2D eigenvalue weighted by atomic mass is 9.80. The zero-order valence-corrected chi connectivity index (χ0v) is 13.1. The summed E-state index contributed by atoms with van der Waals surface area (Å²) in [5.74, 6) is 0.697. The number of rotatable bonds is 8. The molecule has 0 aromatic heterocycles. The predicted octanol–water partition coefficient (Wildman–Crippen LogP) is 4.97. The Morgan fingerprint density at radius 1 is 1.37 bits per heavy atom. The summed E-state index contributed by atoms with van der Waals surface area (Å²) in [6, 6.07) is 0.442. The summed E-state index contributed by atoms with van der Waals surface area (Å²) in [5, 5.41) is 0. The van der Waals surface area contributed by atoms with E-state index in [1.165, 1.54) is 36.8 Å². The van der Waals surface area contributed by atoms with E-state index in [0.29, 0.717) is 12.0 Å². The largest absolute Gasteiger partial charge is 0.296 e. The van der Waals surface area contributed by atoms with Crippen LogP contribution in [0.3, 0.4) is 0 Å². The first-order chi connectivity index (χ1) is 9.13. The van der Waals surface area contributed by atoms with Gasteiger partial charge in [0.25, 0.3) is 0 Å². The maximum atomic E-state index is 4.37. The molecular formula is C18H31N. The number of hydrogen-bond acceptors (Lipinski definition) is 1. The minimum Gasteiger partial charge on any atom is -0.296 e. The Morgan fingerprint density at radius 2 is 2.11 bits per heavy atom. The minimum absolute atomic E-state index is 0.442. The summed E-state index contributed by atoms with van der Waals surface area (Å²) < 4.78 is 0. The van der Waals surface area contributed by atoms with E-state index in [2.05, 4.69) is 45.0 Å². The molecule has 0 saturated carbocycles. The van der Waals surface area contributed by atoms with Crippen molar-refractivity contribution in [2.45, 2.75) is 58.4 Å². The van der Waals surface area contributed by atoms with Gasteiger partial charge in [-0.1, -0.05) is 51.0 Å². The third-order valence-electron chi connectivity index (χ3n) is 4.06. The molecule has 0 bridgehead atoms. The molecule has 0 fully saturated rings. The van der Waals surface area contributed by atoms with Gasteiger partial charge in [0.2, 0.25) is 0 Å². The second-order valence-corrected chi connectivity index (χ2v) is 5.88. The maximum absolute atomic E-state index is 4.37. The van der Waals surface area contributed by atoms with Gasteiger partial charge in [0.1, 0.15) is 0 Å². The van der Waals surface area contributed by atoms with E-state index in [1.807, 2.05) is 6.08 Å². The number of allylic oxidation sites excluding steroid dienone is 2. The molecule has 108 valence electrons. The van der Waals surface area contributed by atoms with Crippen LogP contribution < -0.4 is 0 Å². The summed E-state index contributed by atoms with van der Waals surface area (Å²) in [6.45, 7) is 14.0. The van der Waals surface area contributed by atoms with Crippen molar-refractivity contribution in [3.05, 3.63) is 36.5 Å². The van der Waals surface area contributed by atoms with Gasteiger partial charge in [0, 0.05) is 0 Å². The van der Waals surface area contributed by atoms with Gasteiger partial charge in [0.15, 0.2) is 0 Å². The summed E-state index contributed by atoms with van der Waals surface area (Å²) in [6.07, 6.45) is 11.8. The average molecular weight is 261 g/mol. The van der Waals surface area contributed by atoms with E-state index in [1.54, 1.807) is 0 Å². The Hall–Kier alpha value is -0.820. The molecule has 1 aliphatic rings. The molecule has 0 aromatic carbocycles. The molecule has 1 heteroatoms. The molecule has 0 spiro atoms. The van der Waals surface area contributed by atoms with Crippen molar-refractivity contribution in [2.75, 3.05) is 13.6 Å². The van der Waals surface area contributed by atoms with Gasteiger partial charge in [-0.25, -0.2) is 0 Å². The second-order valence-electron chi connectivity index (χ2n) is 5.88. The molecule has 0 aliphatic heterocycles. The van der Waals surface area contributed by atoms with Gasteiger partial charge in [-0.15, -0.1) is 6.58 Å². The van der Waals surface area contributed by atoms with Crippen LogP contribution in [0.5, 0.6) is 0 Å². The van der Waals surface area contributed by atoms with Crippen LogP contribution in [-0.2, 0) is 0 Å². The number of hydrogen-bond donors (Lipinski definition) is 0. The molecule has 19 heavy (non-hydrogen) atoms. The molecule has 0 heterocycles. The van der Waals surface area contributed by atoms with E-state index in [4.69, 9.17) is 0 Å².